The van der Waals surface area contributed by atoms with E-state index in [4.69, 9.17) is 16.3 Å². The molecule has 3 aromatic carbocycles. The van der Waals surface area contributed by atoms with Gasteiger partial charge in [0.2, 0.25) is 0 Å². The molecule has 0 spiro atoms. The number of sulfonamides is 1. The van der Waals surface area contributed by atoms with Gasteiger partial charge in [-0.25, -0.2) is 13.1 Å². The van der Waals surface area contributed by atoms with Crippen LogP contribution < -0.4 is 4.72 Å². The number of aryl methyl sites for hydroxylation is 2. The average Bonchev–Trinajstić information content (AvgIpc) is 3.23. The third kappa shape index (κ3) is 6.38. The first-order valence-electron chi connectivity index (χ1n) is 13.3. The Hall–Kier alpha value is -3.13. The van der Waals surface area contributed by atoms with E-state index in [-0.39, 0.29) is 10.5 Å². The number of carbonyl (C=O) groups excluding carboxylic acids is 1. The highest BCUT2D eigenvalue weighted by atomic mass is 35.5. The molecule has 0 atom stereocenters. The Morgan fingerprint density at radius 3 is 2.46 bits per heavy atom. The average molecular weight is 565 g/mol. The summed E-state index contributed by atoms with van der Waals surface area (Å²) in [7, 11) is -3.99. The molecule has 1 aliphatic rings. The molecule has 5 rings (SSSR count). The first kappa shape index (κ1) is 27.4. The second-order valence-corrected chi connectivity index (χ2v) is 12.5. The second kappa shape index (κ2) is 11.5. The van der Waals surface area contributed by atoms with E-state index in [1.54, 1.807) is 30.3 Å². The maximum atomic E-state index is 13.0. The summed E-state index contributed by atoms with van der Waals surface area (Å²) in [6.07, 6.45) is 6.94. The number of H-pyrrole nitrogens is 1. The van der Waals surface area contributed by atoms with Crippen molar-refractivity contribution in [3.8, 4) is 0 Å². The van der Waals surface area contributed by atoms with Gasteiger partial charge >= 0.3 is 0 Å². The monoisotopic (exact) mass is 564 g/mol. The zero-order chi connectivity index (χ0) is 27.6. The predicted molar refractivity (Wildman–Crippen MR) is 155 cm³/mol. The van der Waals surface area contributed by atoms with Crippen LogP contribution in [0.3, 0.4) is 0 Å². The Balaban J connectivity index is 1.33. The molecular weight excluding hydrogens is 532 g/mol. The van der Waals surface area contributed by atoms with E-state index < -0.39 is 15.9 Å². The van der Waals surface area contributed by atoms with E-state index in [1.165, 1.54) is 31.4 Å². The normalized spacial score (nSPS) is 14.5. The van der Waals surface area contributed by atoms with Gasteiger partial charge in [0.25, 0.3) is 15.9 Å². The van der Waals surface area contributed by atoms with Gasteiger partial charge in [0, 0.05) is 33.6 Å². The number of rotatable bonds is 8. The number of hydrogen-bond donors (Lipinski definition) is 2. The molecule has 0 unspecified atom stereocenters. The van der Waals surface area contributed by atoms with Gasteiger partial charge in [-0.05, 0) is 79.8 Å². The second-order valence-electron chi connectivity index (χ2n) is 10.4. The van der Waals surface area contributed by atoms with Crippen molar-refractivity contribution >= 4 is 38.4 Å². The molecule has 0 saturated heterocycles. The van der Waals surface area contributed by atoms with Crippen LogP contribution in [0.2, 0.25) is 5.02 Å². The summed E-state index contributed by atoms with van der Waals surface area (Å²) in [4.78, 5) is 16.4. The van der Waals surface area contributed by atoms with Crippen LogP contribution >= 0.6 is 11.6 Å². The largest absolute Gasteiger partial charge is 0.374 e. The summed E-state index contributed by atoms with van der Waals surface area (Å²) in [5.74, 6) is -0.678. The van der Waals surface area contributed by atoms with Gasteiger partial charge in [0.05, 0.1) is 17.6 Å². The van der Waals surface area contributed by atoms with Crippen LogP contribution in [-0.2, 0) is 27.8 Å². The smallest absolute Gasteiger partial charge is 0.265 e. The maximum absolute atomic E-state index is 13.0. The fourth-order valence-electron chi connectivity index (χ4n) is 5.17. The van der Waals surface area contributed by atoms with Gasteiger partial charge in [0.15, 0.2) is 0 Å². The topological polar surface area (TPSA) is 88.3 Å². The summed E-state index contributed by atoms with van der Waals surface area (Å²) < 4.78 is 33.8. The molecule has 1 amide bonds. The number of amides is 1. The minimum Gasteiger partial charge on any atom is -0.374 e. The van der Waals surface area contributed by atoms with Crippen molar-refractivity contribution in [3.63, 3.8) is 0 Å². The van der Waals surface area contributed by atoms with Crippen molar-refractivity contribution in [3.05, 3.63) is 99.2 Å². The number of fused-ring (bicyclic) bond motifs is 1. The fourth-order valence-corrected chi connectivity index (χ4v) is 6.41. The van der Waals surface area contributed by atoms with Gasteiger partial charge in [-0.15, -0.1) is 0 Å². The third-order valence-corrected chi connectivity index (χ3v) is 9.16. The SMILES string of the molecule is Cc1ccc(S(=O)(=O)NC(=O)c2ccc3[nH]c(C)c(Cc4ccc(COC5CCCCC5)cc4Cl)c3c2)cc1. The molecule has 0 aliphatic heterocycles. The van der Waals surface area contributed by atoms with Crippen molar-refractivity contribution in [2.24, 2.45) is 0 Å². The number of nitrogens with one attached hydrogen (secondary N) is 2. The molecular formula is C31H33ClN2O4S. The van der Waals surface area contributed by atoms with Crippen molar-refractivity contribution in [1.82, 2.24) is 9.71 Å². The highest BCUT2D eigenvalue weighted by Gasteiger charge is 2.20. The number of aromatic amines is 1. The van der Waals surface area contributed by atoms with Crippen LogP contribution in [0, 0.1) is 13.8 Å². The summed E-state index contributed by atoms with van der Waals surface area (Å²) in [6.45, 7) is 4.41. The Morgan fingerprint density at radius 1 is 1.00 bits per heavy atom. The van der Waals surface area contributed by atoms with Gasteiger partial charge < -0.3 is 9.72 Å². The molecule has 6 nitrogen and oxygen atoms in total. The third-order valence-electron chi connectivity index (χ3n) is 7.46. The zero-order valence-corrected chi connectivity index (χ0v) is 23.8. The molecule has 0 radical (unpaired) electrons. The molecule has 2 N–H and O–H groups in total. The van der Waals surface area contributed by atoms with Crippen LogP contribution in [0.25, 0.3) is 10.9 Å². The number of hydrogen-bond acceptors (Lipinski definition) is 4. The van der Waals surface area contributed by atoms with E-state index in [1.807, 2.05) is 26.0 Å². The lowest BCUT2D eigenvalue weighted by Crippen LogP contribution is -2.30. The zero-order valence-electron chi connectivity index (χ0n) is 22.2. The van der Waals surface area contributed by atoms with E-state index in [2.05, 4.69) is 15.8 Å². The van der Waals surface area contributed by atoms with E-state index in [0.29, 0.717) is 24.2 Å². The Morgan fingerprint density at radius 2 is 1.74 bits per heavy atom. The Labute approximate surface area is 234 Å². The van der Waals surface area contributed by atoms with Crippen LogP contribution in [0.15, 0.2) is 65.6 Å². The number of aromatic nitrogens is 1. The van der Waals surface area contributed by atoms with E-state index >= 15 is 0 Å². The lowest BCUT2D eigenvalue weighted by atomic mass is 9.97. The summed E-state index contributed by atoms with van der Waals surface area (Å²) in [5, 5.41) is 1.53. The molecule has 1 saturated carbocycles. The maximum Gasteiger partial charge on any atom is 0.265 e. The van der Waals surface area contributed by atoms with E-state index in [9.17, 15) is 13.2 Å². The Kier molecular flexibility index (Phi) is 8.12. The lowest BCUT2D eigenvalue weighted by Gasteiger charge is -2.22. The standard InChI is InChI=1S/C31H33ClN2O4S/c1-20-8-13-26(14-9-20)39(36,37)34-31(35)24-12-15-30-28(18-24)27(21(2)33-30)17-23-11-10-22(16-29(23)32)19-38-25-6-4-3-5-7-25/h8-16,18,25,33H,3-7,17,19H2,1-2H3,(H,34,35). The van der Waals surface area contributed by atoms with Crippen LogP contribution in [-0.4, -0.2) is 25.4 Å². The molecule has 4 aromatic rings. The van der Waals surface area contributed by atoms with Gasteiger partial charge in [-0.3, -0.25) is 4.79 Å². The number of ether oxygens (including phenoxy) is 1. The van der Waals surface area contributed by atoms with Gasteiger partial charge in [0.1, 0.15) is 0 Å². The molecule has 0 bridgehead atoms. The summed E-state index contributed by atoms with van der Waals surface area (Å²) >= 11 is 6.70. The lowest BCUT2D eigenvalue weighted by molar-refractivity contribution is 0.0169. The molecule has 39 heavy (non-hydrogen) atoms. The molecule has 8 heteroatoms. The highest BCUT2D eigenvalue weighted by Crippen LogP contribution is 2.30. The van der Waals surface area contributed by atoms with E-state index in [0.717, 1.165) is 51.7 Å². The molecule has 204 valence electrons. The quantitative estimate of drug-likeness (QED) is 0.241. The summed E-state index contributed by atoms with van der Waals surface area (Å²) in [6, 6.07) is 17.6. The minimum atomic E-state index is -3.99. The van der Waals surface area contributed by atoms with Crippen molar-refractivity contribution in [2.45, 2.75) is 70.0 Å². The number of carbonyl (C=O) groups is 1. The van der Waals surface area contributed by atoms with Gasteiger partial charge in [-0.2, -0.15) is 0 Å². The van der Waals surface area contributed by atoms with Crippen LogP contribution in [0.4, 0.5) is 0 Å². The van der Waals surface area contributed by atoms with Crippen molar-refractivity contribution in [1.29, 1.82) is 0 Å². The van der Waals surface area contributed by atoms with Crippen molar-refractivity contribution in [2.75, 3.05) is 0 Å². The highest BCUT2D eigenvalue weighted by molar-refractivity contribution is 7.90. The summed E-state index contributed by atoms with van der Waals surface area (Å²) in [5.41, 5.74) is 6.07. The van der Waals surface area contributed by atoms with Crippen LogP contribution in [0.1, 0.15) is 70.4 Å². The fraction of sp³-hybridized carbons (Fsp3) is 0.323. The van der Waals surface area contributed by atoms with Gasteiger partial charge in [-0.1, -0.05) is 60.7 Å². The molecule has 1 aliphatic carbocycles. The van der Waals surface area contributed by atoms with Crippen molar-refractivity contribution < 1.29 is 17.9 Å². The molecule has 1 fully saturated rings. The minimum absolute atomic E-state index is 0.0444. The number of benzene rings is 3. The van der Waals surface area contributed by atoms with Crippen LogP contribution in [0.5, 0.6) is 0 Å². The molecule has 1 aromatic heterocycles. The first-order valence-corrected chi connectivity index (χ1v) is 15.2. The number of halogens is 1. The Bertz CT molecular complexity index is 1600. The molecule has 1 heterocycles. The predicted octanol–water partition coefficient (Wildman–Crippen LogP) is 7.00. The first-order chi connectivity index (χ1) is 18.7.